The van der Waals surface area contributed by atoms with Crippen molar-refractivity contribution in [3.05, 3.63) is 35.6 Å². The van der Waals surface area contributed by atoms with Crippen molar-refractivity contribution in [3.63, 3.8) is 0 Å². The number of nitrogens with two attached hydrogens (primary N) is 1. The Morgan fingerprint density at radius 1 is 1.29 bits per heavy atom. The Morgan fingerprint density at radius 3 is 2.35 bits per heavy atom. The summed E-state index contributed by atoms with van der Waals surface area (Å²) < 4.78 is 12.8. The van der Waals surface area contributed by atoms with E-state index >= 15 is 0 Å². The van der Waals surface area contributed by atoms with Crippen molar-refractivity contribution in [3.8, 4) is 0 Å². The van der Waals surface area contributed by atoms with Crippen molar-refractivity contribution in [2.75, 3.05) is 13.6 Å². The highest BCUT2D eigenvalue weighted by molar-refractivity contribution is 5.15. The van der Waals surface area contributed by atoms with E-state index in [1.54, 1.807) is 0 Å². The van der Waals surface area contributed by atoms with Gasteiger partial charge in [0.1, 0.15) is 5.82 Å². The molecular formula is C14H23FN2. The van der Waals surface area contributed by atoms with E-state index in [1.807, 2.05) is 12.1 Å². The average molecular weight is 238 g/mol. The van der Waals surface area contributed by atoms with Gasteiger partial charge in [-0.1, -0.05) is 32.4 Å². The maximum atomic E-state index is 12.8. The zero-order valence-corrected chi connectivity index (χ0v) is 11.0. The highest BCUT2D eigenvalue weighted by Crippen LogP contribution is 2.15. The quantitative estimate of drug-likeness (QED) is 0.825. The summed E-state index contributed by atoms with van der Waals surface area (Å²) in [5.74, 6) is 0.388. The number of likely N-dealkylation sites (N-methyl/N-ethyl adjacent to an activating group) is 1. The van der Waals surface area contributed by atoms with Gasteiger partial charge >= 0.3 is 0 Å². The molecule has 0 bridgehead atoms. The van der Waals surface area contributed by atoms with Gasteiger partial charge in [-0.15, -0.1) is 0 Å². The molecule has 0 aliphatic carbocycles. The fourth-order valence-electron chi connectivity index (χ4n) is 2.11. The predicted molar refractivity (Wildman–Crippen MR) is 70.2 cm³/mol. The summed E-state index contributed by atoms with van der Waals surface area (Å²) >= 11 is 0. The number of rotatable bonds is 6. The van der Waals surface area contributed by atoms with Gasteiger partial charge in [0.25, 0.3) is 0 Å². The second kappa shape index (κ2) is 6.72. The van der Waals surface area contributed by atoms with Crippen molar-refractivity contribution in [1.82, 2.24) is 4.90 Å². The molecule has 0 saturated carbocycles. The lowest BCUT2D eigenvalue weighted by Crippen LogP contribution is -2.42. The van der Waals surface area contributed by atoms with Crippen molar-refractivity contribution < 1.29 is 4.39 Å². The second-order valence-corrected chi connectivity index (χ2v) is 4.73. The SMILES string of the molecule is CCC(C)C(CN)N(C)Cc1ccc(F)cc1. The molecule has 0 saturated heterocycles. The second-order valence-electron chi connectivity index (χ2n) is 4.73. The lowest BCUT2D eigenvalue weighted by molar-refractivity contribution is 0.178. The van der Waals surface area contributed by atoms with E-state index in [9.17, 15) is 4.39 Å². The minimum absolute atomic E-state index is 0.186. The molecule has 2 nitrogen and oxygen atoms in total. The first-order valence-corrected chi connectivity index (χ1v) is 6.23. The lowest BCUT2D eigenvalue weighted by Gasteiger charge is -2.31. The summed E-state index contributed by atoms with van der Waals surface area (Å²) in [4.78, 5) is 2.25. The largest absolute Gasteiger partial charge is 0.329 e. The first-order valence-electron chi connectivity index (χ1n) is 6.23. The van der Waals surface area contributed by atoms with Crippen LogP contribution in [-0.2, 0) is 6.54 Å². The third-order valence-corrected chi connectivity index (χ3v) is 3.45. The Kier molecular flexibility index (Phi) is 5.59. The number of hydrogen-bond donors (Lipinski definition) is 1. The lowest BCUT2D eigenvalue weighted by atomic mass is 9.97. The standard InChI is InChI=1S/C14H23FN2/c1-4-11(2)14(9-16)17(3)10-12-5-7-13(15)8-6-12/h5-8,11,14H,4,9-10,16H2,1-3H3. The highest BCUT2D eigenvalue weighted by Gasteiger charge is 2.18. The molecule has 96 valence electrons. The number of halogens is 1. The molecule has 0 fully saturated rings. The van der Waals surface area contributed by atoms with Gasteiger partial charge < -0.3 is 5.73 Å². The van der Waals surface area contributed by atoms with E-state index in [0.29, 0.717) is 18.5 Å². The van der Waals surface area contributed by atoms with Gasteiger partial charge in [-0.2, -0.15) is 0 Å². The van der Waals surface area contributed by atoms with Crippen LogP contribution in [0.15, 0.2) is 24.3 Å². The summed E-state index contributed by atoms with van der Waals surface area (Å²) in [5.41, 5.74) is 6.95. The van der Waals surface area contributed by atoms with Crippen LogP contribution >= 0.6 is 0 Å². The van der Waals surface area contributed by atoms with E-state index in [-0.39, 0.29) is 5.82 Å². The number of nitrogens with zero attached hydrogens (tertiary/aromatic N) is 1. The first kappa shape index (κ1) is 14.1. The van der Waals surface area contributed by atoms with Gasteiger partial charge in [0.15, 0.2) is 0 Å². The minimum atomic E-state index is -0.186. The Hall–Kier alpha value is -0.930. The van der Waals surface area contributed by atoms with Crippen molar-refractivity contribution >= 4 is 0 Å². The zero-order chi connectivity index (χ0) is 12.8. The molecule has 1 aromatic carbocycles. The molecule has 1 rings (SSSR count). The molecule has 17 heavy (non-hydrogen) atoms. The highest BCUT2D eigenvalue weighted by atomic mass is 19.1. The molecule has 2 N–H and O–H groups in total. The van der Waals surface area contributed by atoms with E-state index in [0.717, 1.165) is 18.5 Å². The fourth-order valence-corrected chi connectivity index (χ4v) is 2.11. The zero-order valence-electron chi connectivity index (χ0n) is 11.0. The molecule has 0 aliphatic rings. The maximum Gasteiger partial charge on any atom is 0.123 e. The third-order valence-electron chi connectivity index (χ3n) is 3.45. The molecule has 0 aromatic heterocycles. The van der Waals surface area contributed by atoms with Gasteiger partial charge in [0, 0.05) is 19.1 Å². The van der Waals surface area contributed by atoms with Crippen molar-refractivity contribution in [2.45, 2.75) is 32.9 Å². The number of benzene rings is 1. The number of hydrogen-bond acceptors (Lipinski definition) is 2. The van der Waals surface area contributed by atoms with Crippen LogP contribution in [0.2, 0.25) is 0 Å². The molecule has 3 heteroatoms. The molecule has 2 unspecified atom stereocenters. The molecule has 0 radical (unpaired) electrons. The molecule has 0 heterocycles. The van der Waals surface area contributed by atoms with Crippen LogP contribution in [0.4, 0.5) is 4.39 Å². The molecule has 0 amide bonds. The van der Waals surface area contributed by atoms with Gasteiger partial charge in [-0.25, -0.2) is 4.39 Å². The third kappa shape index (κ3) is 4.10. The summed E-state index contributed by atoms with van der Waals surface area (Å²) in [5, 5.41) is 0. The molecule has 0 spiro atoms. The Morgan fingerprint density at radius 2 is 1.88 bits per heavy atom. The van der Waals surface area contributed by atoms with E-state index in [4.69, 9.17) is 5.73 Å². The van der Waals surface area contributed by atoms with Crippen LogP contribution in [0.25, 0.3) is 0 Å². The van der Waals surface area contributed by atoms with Crippen LogP contribution < -0.4 is 5.73 Å². The summed E-state index contributed by atoms with van der Waals surface area (Å²) in [6, 6.07) is 7.05. The smallest absolute Gasteiger partial charge is 0.123 e. The Bertz CT molecular complexity index is 323. The van der Waals surface area contributed by atoms with Gasteiger partial charge in [0.05, 0.1) is 0 Å². The maximum absolute atomic E-state index is 12.8. The van der Waals surface area contributed by atoms with Crippen LogP contribution in [0, 0.1) is 11.7 Å². The summed E-state index contributed by atoms with van der Waals surface area (Å²) in [7, 11) is 2.08. The predicted octanol–water partition coefficient (Wildman–Crippen LogP) is 2.63. The summed E-state index contributed by atoms with van der Waals surface area (Å²) in [6.45, 7) is 5.87. The van der Waals surface area contributed by atoms with Crippen LogP contribution in [0.5, 0.6) is 0 Å². The van der Waals surface area contributed by atoms with Gasteiger partial charge in [-0.05, 0) is 30.7 Å². The minimum Gasteiger partial charge on any atom is -0.329 e. The van der Waals surface area contributed by atoms with Crippen molar-refractivity contribution in [1.29, 1.82) is 0 Å². The van der Waals surface area contributed by atoms with Gasteiger partial charge in [0.2, 0.25) is 0 Å². The van der Waals surface area contributed by atoms with Gasteiger partial charge in [-0.3, -0.25) is 4.90 Å². The first-order chi connectivity index (χ1) is 8.08. The molecule has 1 aromatic rings. The van der Waals surface area contributed by atoms with E-state index < -0.39 is 0 Å². The molecule has 0 aliphatic heterocycles. The summed E-state index contributed by atoms with van der Waals surface area (Å²) in [6.07, 6.45) is 1.12. The topological polar surface area (TPSA) is 29.3 Å². The van der Waals surface area contributed by atoms with Crippen LogP contribution in [0.3, 0.4) is 0 Å². The van der Waals surface area contributed by atoms with E-state index in [1.165, 1.54) is 12.1 Å². The van der Waals surface area contributed by atoms with Crippen LogP contribution in [-0.4, -0.2) is 24.5 Å². The van der Waals surface area contributed by atoms with Crippen molar-refractivity contribution in [2.24, 2.45) is 11.7 Å². The van der Waals surface area contributed by atoms with Crippen LogP contribution in [0.1, 0.15) is 25.8 Å². The normalized spacial score (nSPS) is 14.9. The fraction of sp³-hybridized carbons (Fsp3) is 0.571. The molecule has 2 atom stereocenters. The monoisotopic (exact) mass is 238 g/mol. The Balaban J connectivity index is 2.63. The molecular weight excluding hydrogens is 215 g/mol. The average Bonchev–Trinajstić information content (AvgIpc) is 2.32. The van der Waals surface area contributed by atoms with E-state index in [2.05, 4.69) is 25.8 Å². The Labute approximate surface area is 104 Å².